The highest BCUT2D eigenvalue weighted by Crippen LogP contribution is 2.57. The summed E-state index contributed by atoms with van der Waals surface area (Å²) in [5, 5.41) is 18.0. The second kappa shape index (κ2) is 5.15. The molecule has 0 spiro atoms. The molecular formula is C16H27N3O. The quantitative estimate of drug-likeness (QED) is 0.887. The van der Waals surface area contributed by atoms with Crippen molar-refractivity contribution in [1.82, 2.24) is 15.1 Å². The Kier molecular flexibility index (Phi) is 3.63. The first-order valence-electron chi connectivity index (χ1n) is 7.90. The van der Waals surface area contributed by atoms with Gasteiger partial charge in [0.1, 0.15) is 0 Å². The second-order valence-corrected chi connectivity index (χ2v) is 7.23. The summed E-state index contributed by atoms with van der Waals surface area (Å²) >= 11 is 0. The van der Waals surface area contributed by atoms with E-state index in [1.54, 1.807) is 10.9 Å². The van der Waals surface area contributed by atoms with E-state index in [2.05, 4.69) is 24.3 Å². The van der Waals surface area contributed by atoms with Crippen molar-refractivity contribution in [2.24, 2.45) is 24.3 Å². The van der Waals surface area contributed by atoms with Crippen molar-refractivity contribution in [3.8, 4) is 0 Å². The third kappa shape index (κ3) is 2.29. The first-order chi connectivity index (χ1) is 9.50. The molecule has 4 heteroatoms. The molecule has 2 N–H and O–H groups in total. The molecule has 2 fully saturated rings. The Hall–Kier alpha value is -0.870. The molecule has 1 aromatic rings. The maximum atomic E-state index is 10.3. The Morgan fingerprint density at radius 3 is 2.90 bits per heavy atom. The Balaban J connectivity index is 1.58. The van der Waals surface area contributed by atoms with Crippen LogP contribution >= 0.6 is 0 Å². The van der Waals surface area contributed by atoms with Crippen molar-refractivity contribution >= 4 is 0 Å². The van der Waals surface area contributed by atoms with Crippen LogP contribution in [0.15, 0.2) is 12.4 Å². The molecule has 1 heterocycles. The minimum Gasteiger partial charge on any atom is -0.387 e. The van der Waals surface area contributed by atoms with E-state index in [9.17, 15) is 5.11 Å². The molecule has 0 aromatic carbocycles. The van der Waals surface area contributed by atoms with E-state index < -0.39 is 6.10 Å². The first-order valence-corrected chi connectivity index (χ1v) is 7.90. The van der Waals surface area contributed by atoms with Crippen LogP contribution < -0.4 is 5.32 Å². The van der Waals surface area contributed by atoms with E-state index in [4.69, 9.17) is 0 Å². The third-order valence-corrected chi connectivity index (χ3v) is 5.65. The lowest BCUT2D eigenvalue weighted by atomic mass is 9.48. The molecule has 1 aromatic heterocycles. The molecule has 2 aliphatic rings. The van der Waals surface area contributed by atoms with Crippen molar-refractivity contribution in [3.05, 3.63) is 18.0 Å². The fraction of sp³-hybridized carbons (Fsp3) is 0.812. The molecule has 0 radical (unpaired) electrons. The molecule has 0 saturated heterocycles. The number of aryl methyl sites for hydroxylation is 1. The van der Waals surface area contributed by atoms with Crippen LogP contribution in [0.3, 0.4) is 0 Å². The average molecular weight is 277 g/mol. The number of rotatable bonds is 4. The summed E-state index contributed by atoms with van der Waals surface area (Å²) in [4.78, 5) is 0. The molecule has 0 bridgehead atoms. The van der Waals surface area contributed by atoms with Crippen LogP contribution in [0.25, 0.3) is 0 Å². The van der Waals surface area contributed by atoms with Gasteiger partial charge >= 0.3 is 0 Å². The maximum absolute atomic E-state index is 10.3. The van der Waals surface area contributed by atoms with Gasteiger partial charge in [0.05, 0.1) is 12.3 Å². The lowest BCUT2D eigenvalue weighted by Gasteiger charge is -2.61. The lowest BCUT2D eigenvalue weighted by Crippen LogP contribution is -2.65. The van der Waals surface area contributed by atoms with Gasteiger partial charge in [0, 0.05) is 31.4 Å². The number of aliphatic hydroxyl groups is 1. The number of hydrogen-bond acceptors (Lipinski definition) is 3. The van der Waals surface area contributed by atoms with Crippen LogP contribution in [-0.4, -0.2) is 27.5 Å². The largest absolute Gasteiger partial charge is 0.387 e. The number of aliphatic hydroxyl groups excluding tert-OH is 1. The van der Waals surface area contributed by atoms with E-state index in [0.717, 1.165) is 17.4 Å². The highest BCUT2D eigenvalue weighted by Gasteiger charge is 2.55. The number of aromatic nitrogens is 2. The van der Waals surface area contributed by atoms with Gasteiger partial charge in [0.15, 0.2) is 0 Å². The predicted molar refractivity (Wildman–Crippen MR) is 79.2 cm³/mol. The number of nitrogens with one attached hydrogen (secondary N) is 1. The normalized spacial score (nSPS) is 33.3. The molecule has 0 aliphatic heterocycles. The fourth-order valence-electron chi connectivity index (χ4n) is 4.53. The summed E-state index contributed by atoms with van der Waals surface area (Å²) in [6, 6.07) is 0.555. The van der Waals surface area contributed by atoms with Gasteiger partial charge in [0.2, 0.25) is 0 Å². The van der Waals surface area contributed by atoms with Gasteiger partial charge in [-0.2, -0.15) is 5.10 Å². The van der Waals surface area contributed by atoms with Crippen LogP contribution in [0.1, 0.15) is 51.2 Å². The van der Waals surface area contributed by atoms with Crippen LogP contribution in [-0.2, 0) is 7.05 Å². The topological polar surface area (TPSA) is 50.1 Å². The fourth-order valence-corrected chi connectivity index (χ4v) is 4.53. The zero-order chi connectivity index (χ0) is 14.3. The van der Waals surface area contributed by atoms with E-state index in [1.807, 2.05) is 13.2 Å². The average Bonchev–Trinajstić information content (AvgIpc) is 2.85. The summed E-state index contributed by atoms with van der Waals surface area (Å²) in [6.07, 6.45) is 8.71. The van der Waals surface area contributed by atoms with Gasteiger partial charge in [-0.25, -0.2) is 0 Å². The molecule has 0 unspecified atom stereocenters. The van der Waals surface area contributed by atoms with Gasteiger partial charge < -0.3 is 10.4 Å². The van der Waals surface area contributed by atoms with Crippen LogP contribution in [0, 0.1) is 17.3 Å². The van der Waals surface area contributed by atoms with Crippen molar-refractivity contribution in [2.45, 2.75) is 51.7 Å². The molecule has 0 amide bonds. The molecule has 4 atom stereocenters. The highest BCUT2D eigenvalue weighted by atomic mass is 16.3. The molecule has 3 rings (SSSR count). The van der Waals surface area contributed by atoms with Crippen LogP contribution in [0.4, 0.5) is 0 Å². The van der Waals surface area contributed by atoms with Gasteiger partial charge in [-0.1, -0.05) is 26.7 Å². The van der Waals surface area contributed by atoms with E-state index in [0.29, 0.717) is 18.0 Å². The molecule has 20 heavy (non-hydrogen) atoms. The number of fused-ring (bicyclic) bond motifs is 1. The molecular weight excluding hydrogens is 250 g/mol. The smallest absolute Gasteiger partial charge is 0.0944 e. The summed E-state index contributed by atoms with van der Waals surface area (Å²) in [7, 11) is 1.88. The summed E-state index contributed by atoms with van der Waals surface area (Å²) < 4.78 is 1.74. The van der Waals surface area contributed by atoms with Gasteiger partial charge in [-0.15, -0.1) is 0 Å². The Labute approximate surface area is 121 Å². The molecule has 4 nitrogen and oxygen atoms in total. The minimum absolute atomic E-state index is 0.375. The predicted octanol–water partition coefficient (Wildman–Crippen LogP) is 2.26. The summed E-state index contributed by atoms with van der Waals surface area (Å²) in [5.74, 6) is 1.70. The van der Waals surface area contributed by atoms with Crippen molar-refractivity contribution < 1.29 is 5.11 Å². The second-order valence-electron chi connectivity index (χ2n) is 7.23. The van der Waals surface area contributed by atoms with Gasteiger partial charge in [0.25, 0.3) is 0 Å². The van der Waals surface area contributed by atoms with E-state index in [-0.39, 0.29) is 0 Å². The maximum Gasteiger partial charge on any atom is 0.0944 e. The van der Waals surface area contributed by atoms with Gasteiger partial charge in [-0.3, -0.25) is 4.68 Å². The van der Waals surface area contributed by atoms with E-state index in [1.165, 1.54) is 25.7 Å². The number of nitrogens with zero attached hydrogens (tertiary/aromatic N) is 2. The minimum atomic E-state index is -0.456. The Morgan fingerprint density at radius 2 is 2.20 bits per heavy atom. The Morgan fingerprint density at radius 1 is 1.45 bits per heavy atom. The van der Waals surface area contributed by atoms with Gasteiger partial charge in [-0.05, 0) is 30.1 Å². The highest BCUT2D eigenvalue weighted by molar-refractivity contribution is 5.11. The lowest BCUT2D eigenvalue weighted by molar-refractivity contribution is -0.0903. The standard InChI is InChI=1S/C16H27N3O/c1-16(2)13-7-5-4-6-12(13)15(16)17-9-14(20)11-8-18-19(3)10-11/h8,10,12-15,17,20H,4-7,9H2,1-3H3/t12-,13+,14+,15-/m1/s1. The van der Waals surface area contributed by atoms with E-state index >= 15 is 0 Å². The monoisotopic (exact) mass is 277 g/mol. The van der Waals surface area contributed by atoms with Crippen molar-refractivity contribution in [2.75, 3.05) is 6.54 Å². The summed E-state index contributed by atoms with van der Waals surface area (Å²) in [5.41, 5.74) is 1.28. The SMILES string of the molecule is Cn1cc([C@@H](O)CN[C@@H]2[C@@H]3CCCC[C@@H]3C2(C)C)cn1. The molecule has 2 saturated carbocycles. The van der Waals surface area contributed by atoms with Crippen LogP contribution in [0.5, 0.6) is 0 Å². The zero-order valence-electron chi connectivity index (χ0n) is 12.8. The van der Waals surface area contributed by atoms with Crippen molar-refractivity contribution in [3.63, 3.8) is 0 Å². The zero-order valence-corrected chi connectivity index (χ0v) is 12.8. The number of hydrogen-bond donors (Lipinski definition) is 2. The third-order valence-electron chi connectivity index (χ3n) is 5.65. The summed E-state index contributed by atoms with van der Waals surface area (Å²) in [6.45, 7) is 5.39. The van der Waals surface area contributed by atoms with Crippen molar-refractivity contribution in [1.29, 1.82) is 0 Å². The Bertz CT molecular complexity index is 468. The molecule has 2 aliphatic carbocycles. The molecule has 112 valence electrons. The van der Waals surface area contributed by atoms with Crippen LogP contribution in [0.2, 0.25) is 0 Å². The first kappa shape index (κ1) is 14.1.